The Morgan fingerprint density at radius 3 is 2.71 bits per heavy atom. The predicted molar refractivity (Wildman–Crippen MR) is 97.7 cm³/mol. The van der Waals surface area contributed by atoms with Crippen LogP contribution < -0.4 is 5.32 Å². The molecule has 24 heavy (non-hydrogen) atoms. The van der Waals surface area contributed by atoms with Gasteiger partial charge in [-0.15, -0.1) is 11.8 Å². The molecule has 3 rings (SSSR count). The van der Waals surface area contributed by atoms with E-state index in [4.69, 9.17) is 0 Å². The van der Waals surface area contributed by atoms with Crippen LogP contribution >= 0.6 is 11.8 Å². The minimum Gasteiger partial charge on any atom is -0.348 e. The summed E-state index contributed by atoms with van der Waals surface area (Å²) in [6.45, 7) is 9.33. The molecule has 2 heterocycles. The number of carbonyl (C=O) groups excluding carboxylic acids is 1. The van der Waals surface area contributed by atoms with Crippen LogP contribution in [0.1, 0.15) is 60.9 Å². The van der Waals surface area contributed by atoms with Gasteiger partial charge in [-0.05, 0) is 38.4 Å². The van der Waals surface area contributed by atoms with Gasteiger partial charge in [0.2, 0.25) is 0 Å². The summed E-state index contributed by atoms with van der Waals surface area (Å²) in [5.74, 6) is 1.95. The second-order valence-electron chi connectivity index (χ2n) is 7.37. The van der Waals surface area contributed by atoms with Crippen molar-refractivity contribution in [3.8, 4) is 0 Å². The number of nitrogens with one attached hydrogen (secondary N) is 1. The van der Waals surface area contributed by atoms with Crippen molar-refractivity contribution in [2.45, 2.75) is 57.0 Å². The molecule has 1 aromatic rings. The van der Waals surface area contributed by atoms with Crippen molar-refractivity contribution in [1.82, 2.24) is 20.2 Å². The molecule has 0 spiro atoms. The normalized spacial score (nSPS) is 21.5. The summed E-state index contributed by atoms with van der Waals surface area (Å²) < 4.78 is 0. The summed E-state index contributed by atoms with van der Waals surface area (Å²) in [4.78, 5) is 24.4. The Balaban J connectivity index is 1.68. The van der Waals surface area contributed by atoms with Gasteiger partial charge in [-0.1, -0.05) is 13.8 Å². The van der Waals surface area contributed by atoms with E-state index < -0.39 is 0 Å². The number of nitrogens with zero attached hydrogens (tertiary/aromatic N) is 3. The summed E-state index contributed by atoms with van der Waals surface area (Å²) in [5.41, 5.74) is 1.43. The van der Waals surface area contributed by atoms with Crippen LogP contribution in [-0.2, 0) is 0 Å². The molecule has 1 N–H and O–H groups in total. The number of likely N-dealkylation sites (tertiary alicyclic amines) is 1. The highest BCUT2D eigenvalue weighted by atomic mass is 32.2. The van der Waals surface area contributed by atoms with Gasteiger partial charge in [0.1, 0.15) is 10.9 Å². The van der Waals surface area contributed by atoms with Gasteiger partial charge in [0, 0.05) is 31.6 Å². The molecule has 5 nitrogen and oxygen atoms in total. The van der Waals surface area contributed by atoms with Gasteiger partial charge in [0.15, 0.2) is 0 Å². The second kappa shape index (κ2) is 7.40. The number of carbonyl (C=O) groups is 1. The summed E-state index contributed by atoms with van der Waals surface area (Å²) in [6, 6.07) is 0.245. The fraction of sp³-hybridized carbons (Fsp3) is 0.722. The number of thioether (sulfide) groups is 1. The van der Waals surface area contributed by atoms with Gasteiger partial charge in [0.05, 0.1) is 11.3 Å². The van der Waals surface area contributed by atoms with E-state index in [0.29, 0.717) is 5.56 Å². The second-order valence-corrected chi connectivity index (χ2v) is 8.16. The van der Waals surface area contributed by atoms with E-state index in [2.05, 4.69) is 34.0 Å². The zero-order valence-corrected chi connectivity index (χ0v) is 15.9. The van der Waals surface area contributed by atoms with Crippen LogP contribution in [0.2, 0.25) is 0 Å². The van der Waals surface area contributed by atoms with Gasteiger partial charge in [0.25, 0.3) is 5.91 Å². The Labute approximate surface area is 149 Å². The first kappa shape index (κ1) is 17.7. The van der Waals surface area contributed by atoms with Crippen LogP contribution in [0.25, 0.3) is 0 Å². The molecule has 1 aliphatic carbocycles. The van der Waals surface area contributed by atoms with Gasteiger partial charge in [-0.25, -0.2) is 9.97 Å². The topological polar surface area (TPSA) is 58.1 Å². The van der Waals surface area contributed by atoms with Crippen LogP contribution in [-0.4, -0.2) is 52.7 Å². The Bertz CT molecular complexity index is 615. The molecule has 1 aromatic heterocycles. The van der Waals surface area contributed by atoms with Crippen molar-refractivity contribution in [2.24, 2.45) is 5.92 Å². The third-order valence-electron chi connectivity index (χ3n) is 4.83. The monoisotopic (exact) mass is 348 g/mol. The lowest BCUT2D eigenvalue weighted by molar-refractivity contribution is 0.0932. The summed E-state index contributed by atoms with van der Waals surface area (Å²) in [5, 5.41) is 4.00. The van der Waals surface area contributed by atoms with E-state index in [1.807, 2.05) is 13.2 Å². The minimum absolute atomic E-state index is 0.0228. The van der Waals surface area contributed by atoms with Crippen molar-refractivity contribution in [2.75, 3.05) is 25.9 Å². The molecular formula is C18H28N4OS. The first-order valence-electron chi connectivity index (χ1n) is 8.93. The molecule has 6 heteroatoms. The lowest BCUT2D eigenvalue weighted by Gasteiger charge is -2.18. The van der Waals surface area contributed by atoms with E-state index >= 15 is 0 Å². The van der Waals surface area contributed by atoms with Crippen LogP contribution in [0.5, 0.6) is 0 Å². The number of aryl methyl sites for hydroxylation is 1. The third kappa shape index (κ3) is 4.09. The number of rotatable bonds is 6. The summed E-state index contributed by atoms with van der Waals surface area (Å²) in [6.07, 6.45) is 5.76. The van der Waals surface area contributed by atoms with Crippen LogP contribution in [0.3, 0.4) is 0 Å². The number of amides is 1. The molecule has 0 aromatic carbocycles. The van der Waals surface area contributed by atoms with E-state index in [0.717, 1.165) is 42.0 Å². The lowest BCUT2D eigenvalue weighted by Crippen LogP contribution is -2.38. The maximum absolute atomic E-state index is 12.8. The molecule has 0 unspecified atom stereocenters. The van der Waals surface area contributed by atoms with E-state index in [1.165, 1.54) is 31.1 Å². The highest BCUT2D eigenvalue weighted by Crippen LogP contribution is 2.31. The van der Waals surface area contributed by atoms with Crippen LogP contribution in [0.4, 0.5) is 0 Å². The first-order chi connectivity index (χ1) is 11.5. The average molecular weight is 349 g/mol. The fourth-order valence-corrected chi connectivity index (χ4v) is 3.90. The zero-order chi connectivity index (χ0) is 17.3. The maximum Gasteiger partial charge on any atom is 0.256 e. The summed E-state index contributed by atoms with van der Waals surface area (Å²) in [7, 11) is 0. The molecule has 1 amide bonds. The summed E-state index contributed by atoms with van der Waals surface area (Å²) >= 11 is 1.52. The van der Waals surface area contributed by atoms with Gasteiger partial charge >= 0.3 is 0 Å². The van der Waals surface area contributed by atoms with E-state index in [1.54, 1.807) is 0 Å². The fourth-order valence-electron chi connectivity index (χ4n) is 3.27. The van der Waals surface area contributed by atoms with E-state index in [-0.39, 0.29) is 17.9 Å². The Kier molecular flexibility index (Phi) is 5.45. The quantitative estimate of drug-likeness (QED) is 0.633. The maximum atomic E-state index is 12.8. The Morgan fingerprint density at radius 2 is 2.08 bits per heavy atom. The van der Waals surface area contributed by atoms with Crippen molar-refractivity contribution < 1.29 is 4.79 Å². The Hall–Kier alpha value is -1.14. The zero-order valence-electron chi connectivity index (χ0n) is 15.1. The number of hydrogen-bond acceptors (Lipinski definition) is 5. The van der Waals surface area contributed by atoms with Gasteiger partial charge in [-0.3, -0.25) is 4.79 Å². The largest absolute Gasteiger partial charge is 0.348 e. The standard InChI is InChI=1S/C18H28N4OS/c1-11(2)16-19-12(3)15(18(21-16)24-4)17(23)20-14-7-8-22(10-14)9-13-5-6-13/h11,13-14H,5-10H2,1-4H3,(H,20,23)/t14-/m1/s1. The van der Waals surface area contributed by atoms with Crippen molar-refractivity contribution in [3.05, 3.63) is 17.1 Å². The van der Waals surface area contributed by atoms with Crippen LogP contribution in [0.15, 0.2) is 5.03 Å². The Morgan fingerprint density at radius 1 is 1.33 bits per heavy atom. The average Bonchev–Trinajstić information content (AvgIpc) is 3.24. The molecular weight excluding hydrogens is 320 g/mol. The molecule has 1 aliphatic heterocycles. The highest BCUT2D eigenvalue weighted by Gasteiger charge is 2.30. The molecule has 0 bridgehead atoms. The van der Waals surface area contributed by atoms with Crippen molar-refractivity contribution >= 4 is 17.7 Å². The lowest BCUT2D eigenvalue weighted by atomic mass is 10.1. The number of aromatic nitrogens is 2. The van der Waals surface area contributed by atoms with Crippen molar-refractivity contribution in [3.63, 3.8) is 0 Å². The van der Waals surface area contributed by atoms with Gasteiger partial charge in [-0.2, -0.15) is 0 Å². The predicted octanol–water partition coefficient (Wildman–Crippen LogP) is 2.84. The molecule has 1 atom stereocenters. The molecule has 1 saturated heterocycles. The third-order valence-corrected chi connectivity index (χ3v) is 5.51. The highest BCUT2D eigenvalue weighted by molar-refractivity contribution is 7.98. The molecule has 1 saturated carbocycles. The smallest absolute Gasteiger partial charge is 0.256 e. The molecule has 0 radical (unpaired) electrons. The SMILES string of the molecule is CSc1nc(C(C)C)nc(C)c1C(=O)N[C@@H]1CCN(CC2CC2)C1. The number of hydrogen-bond donors (Lipinski definition) is 1. The molecule has 2 fully saturated rings. The van der Waals surface area contributed by atoms with E-state index in [9.17, 15) is 4.79 Å². The molecule has 2 aliphatic rings. The minimum atomic E-state index is -0.0228. The first-order valence-corrected chi connectivity index (χ1v) is 10.2. The van der Waals surface area contributed by atoms with Crippen LogP contribution in [0, 0.1) is 12.8 Å². The molecule has 132 valence electrons. The van der Waals surface area contributed by atoms with Crippen molar-refractivity contribution in [1.29, 1.82) is 0 Å². The van der Waals surface area contributed by atoms with Gasteiger partial charge < -0.3 is 10.2 Å².